The van der Waals surface area contributed by atoms with E-state index in [1.54, 1.807) is 34.9 Å². The number of nitrogens with one attached hydrogen (secondary N) is 1. The number of aromatic nitrogens is 2. The minimum atomic E-state index is -0.576. The summed E-state index contributed by atoms with van der Waals surface area (Å²) in [4.78, 5) is 11.6. The first kappa shape index (κ1) is 16.1. The Labute approximate surface area is 131 Å². The minimum Gasteiger partial charge on any atom is -0.368 e. The molecule has 1 amide bonds. The Kier molecular flexibility index (Phi) is 5.71. The topological polar surface area (TPSA) is 80.9 Å². The summed E-state index contributed by atoms with van der Waals surface area (Å²) in [5.74, 6) is 0.674. The molecular formula is C12H20N4OS3. The quantitative estimate of drug-likeness (QED) is 0.532. The molecule has 112 valence electrons. The summed E-state index contributed by atoms with van der Waals surface area (Å²) in [5.41, 5.74) is 4.95. The average Bonchev–Trinajstić information content (AvgIpc) is 3.10. The molecule has 3 N–H and O–H groups in total. The van der Waals surface area contributed by atoms with E-state index in [2.05, 4.69) is 15.5 Å². The molecule has 1 fully saturated rings. The lowest BCUT2D eigenvalue weighted by Gasteiger charge is -2.27. The van der Waals surface area contributed by atoms with Gasteiger partial charge in [0.05, 0.1) is 5.54 Å². The molecule has 1 heterocycles. The van der Waals surface area contributed by atoms with Gasteiger partial charge in [-0.15, -0.1) is 10.2 Å². The van der Waals surface area contributed by atoms with Gasteiger partial charge in [0.1, 0.15) is 0 Å². The number of carbonyl (C=O) groups is 1. The molecule has 0 bridgehead atoms. The average molecular weight is 333 g/mol. The Hall–Kier alpha value is -0.310. The van der Waals surface area contributed by atoms with Crippen LogP contribution in [0.15, 0.2) is 8.68 Å². The van der Waals surface area contributed by atoms with Crippen LogP contribution < -0.4 is 11.1 Å². The van der Waals surface area contributed by atoms with Gasteiger partial charge in [-0.2, -0.15) is 0 Å². The summed E-state index contributed by atoms with van der Waals surface area (Å²) >= 11 is 4.92. The highest BCUT2D eigenvalue weighted by Gasteiger charge is 2.36. The summed E-state index contributed by atoms with van der Waals surface area (Å²) in [7, 11) is 0. The molecule has 8 heteroatoms. The van der Waals surface area contributed by atoms with Crippen LogP contribution in [0.4, 0.5) is 0 Å². The van der Waals surface area contributed by atoms with Crippen molar-refractivity contribution in [1.82, 2.24) is 15.5 Å². The predicted molar refractivity (Wildman–Crippen MR) is 85.4 cm³/mol. The molecule has 1 saturated carbocycles. The molecule has 0 aromatic carbocycles. The van der Waals surface area contributed by atoms with E-state index in [0.29, 0.717) is 6.04 Å². The maximum absolute atomic E-state index is 11.6. The zero-order chi connectivity index (χ0) is 14.6. The van der Waals surface area contributed by atoms with Gasteiger partial charge in [0.25, 0.3) is 0 Å². The fourth-order valence-corrected chi connectivity index (χ4v) is 4.32. The highest BCUT2D eigenvalue weighted by Crippen LogP contribution is 2.29. The Morgan fingerprint density at radius 2 is 2.20 bits per heavy atom. The fraction of sp³-hybridized carbons (Fsp3) is 0.750. The van der Waals surface area contributed by atoms with Gasteiger partial charge in [0.15, 0.2) is 8.68 Å². The van der Waals surface area contributed by atoms with Gasteiger partial charge in [-0.1, -0.05) is 34.9 Å². The van der Waals surface area contributed by atoms with E-state index < -0.39 is 5.54 Å². The molecule has 0 radical (unpaired) electrons. The van der Waals surface area contributed by atoms with Gasteiger partial charge in [0.2, 0.25) is 5.91 Å². The van der Waals surface area contributed by atoms with Crippen LogP contribution in [0.3, 0.4) is 0 Å². The molecule has 1 aromatic rings. The summed E-state index contributed by atoms with van der Waals surface area (Å²) in [6.45, 7) is 1.91. The van der Waals surface area contributed by atoms with E-state index in [1.807, 2.05) is 13.2 Å². The molecular weight excluding hydrogens is 312 g/mol. The number of hydrogen-bond acceptors (Lipinski definition) is 7. The van der Waals surface area contributed by atoms with Gasteiger partial charge < -0.3 is 11.1 Å². The smallest absolute Gasteiger partial charge is 0.237 e. The summed E-state index contributed by atoms with van der Waals surface area (Å²) in [5, 5.41) is 11.5. The zero-order valence-electron chi connectivity index (χ0n) is 11.7. The van der Waals surface area contributed by atoms with Gasteiger partial charge in [-0.25, -0.2) is 0 Å². The number of rotatable bonds is 9. The van der Waals surface area contributed by atoms with E-state index in [4.69, 9.17) is 5.73 Å². The number of carbonyl (C=O) groups excluding carboxylic acids is 1. The summed E-state index contributed by atoms with van der Waals surface area (Å²) in [6, 6.07) is 0.479. The lowest BCUT2D eigenvalue weighted by molar-refractivity contribution is -0.124. The summed E-state index contributed by atoms with van der Waals surface area (Å²) < 4.78 is 1.98. The number of amides is 1. The van der Waals surface area contributed by atoms with Crippen molar-refractivity contribution >= 4 is 40.8 Å². The largest absolute Gasteiger partial charge is 0.368 e. The van der Waals surface area contributed by atoms with Crippen molar-refractivity contribution in [3.05, 3.63) is 0 Å². The fourth-order valence-electron chi connectivity index (χ4n) is 1.87. The second-order valence-electron chi connectivity index (χ2n) is 5.10. The lowest BCUT2D eigenvalue weighted by Crippen LogP contribution is -2.54. The van der Waals surface area contributed by atoms with Crippen LogP contribution in [0.2, 0.25) is 0 Å². The number of thioether (sulfide) groups is 2. The van der Waals surface area contributed by atoms with Crippen molar-refractivity contribution in [2.45, 2.75) is 52.9 Å². The molecule has 2 rings (SSSR count). The highest BCUT2D eigenvalue weighted by molar-refractivity contribution is 8.02. The van der Waals surface area contributed by atoms with E-state index in [-0.39, 0.29) is 5.91 Å². The second kappa shape index (κ2) is 7.11. The van der Waals surface area contributed by atoms with Gasteiger partial charge in [-0.3, -0.25) is 4.79 Å². The van der Waals surface area contributed by atoms with Crippen LogP contribution in [0, 0.1) is 0 Å². The van der Waals surface area contributed by atoms with E-state index in [0.717, 1.165) is 40.1 Å². The third kappa shape index (κ3) is 4.61. The minimum absolute atomic E-state index is 0.255. The third-order valence-electron chi connectivity index (χ3n) is 3.25. The molecule has 1 aromatic heterocycles. The molecule has 20 heavy (non-hydrogen) atoms. The van der Waals surface area contributed by atoms with Crippen LogP contribution in [0.1, 0.15) is 32.6 Å². The Balaban J connectivity index is 1.73. The predicted octanol–water partition coefficient (Wildman–Crippen LogP) is 2.13. The van der Waals surface area contributed by atoms with Crippen molar-refractivity contribution < 1.29 is 4.79 Å². The lowest BCUT2D eigenvalue weighted by atomic mass is 9.95. The third-order valence-corrected chi connectivity index (χ3v) is 6.37. The molecule has 1 atom stereocenters. The first-order valence-corrected chi connectivity index (χ1v) is 9.64. The standard InChI is InChI=1S/C12H20N4OS3/c1-12(9(13)17,14-8-4-5-8)6-3-7-19-11-16-15-10(18-2)20-11/h8,14H,3-7H2,1-2H3,(H2,13,17). The maximum atomic E-state index is 11.6. The van der Waals surface area contributed by atoms with E-state index >= 15 is 0 Å². The van der Waals surface area contributed by atoms with Crippen molar-refractivity contribution in [3.8, 4) is 0 Å². The first-order chi connectivity index (χ1) is 9.53. The highest BCUT2D eigenvalue weighted by atomic mass is 32.2. The maximum Gasteiger partial charge on any atom is 0.237 e. The zero-order valence-corrected chi connectivity index (χ0v) is 14.2. The van der Waals surface area contributed by atoms with Crippen LogP contribution in [0.25, 0.3) is 0 Å². The Morgan fingerprint density at radius 3 is 2.75 bits per heavy atom. The van der Waals surface area contributed by atoms with E-state index in [9.17, 15) is 4.79 Å². The van der Waals surface area contributed by atoms with Gasteiger partial charge >= 0.3 is 0 Å². The summed E-state index contributed by atoms with van der Waals surface area (Å²) in [6.07, 6.45) is 5.99. The van der Waals surface area contributed by atoms with Crippen LogP contribution in [-0.2, 0) is 4.79 Å². The normalized spacial score (nSPS) is 17.9. The van der Waals surface area contributed by atoms with Crippen LogP contribution in [-0.4, -0.2) is 39.7 Å². The van der Waals surface area contributed by atoms with Crippen LogP contribution >= 0.6 is 34.9 Å². The number of primary amides is 1. The SMILES string of the molecule is CSc1nnc(SCCCC(C)(NC2CC2)C(N)=O)s1. The molecule has 5 nitrogen and oxygen atoms in total. The monoisotopic (exact) mass is 332 g/mol. The molecule has 1 aliphatic rings. The van der Waals surface area contributed by atoms with E-state index in [1.165, 1.54) is 0 Å². The molecule has 1 unspecified atom stereocenters. The van der Waals surface area contributed by atoms with Crippen LogP contribution in [0.5, 0.6) is 0 Å². The Bertz CT molecular complexity index is 463. The number of nitrogens with zero attached hydrogens (tertiary/aromatic N) is 2. The van der Waals surface area contributed by atoms with Gasteiger partial charge in [0, 0.05) is 11.8 Å². The number of nitrogens with two attached hydrogens (primary N) is 1. The van der Waals surface area contributed by atoms with Gasteiger partial charge in [-0.05, 0) is 38.9 Å². The van der Waals surface area contributed by atoms with Crippen molar-refractivity contribution in [3.63, 3.8) is 0 Å². The Morgan fingerprint density at radius 1 is 1.50 bits per heavy atom. The first-order valence-electron chi connectivity index (χ1n) is 6.61. The molecule has 0 spiro atoms. The molecule has 0 aliphatic heterocycles. The van der Waals surface area contributed by atoms with Crippen molar-refractivity contribution in [2.75, 3.05) is 12.0 Å². The van der Waals surface area contributed by atoms with Crippen molar-refractivity contribution in [2.24, 2.45) is 5.73 Å². The molecule has 1 aliphatic carbocycles. The van der Waals surface area contributed by atoms with Crippen molar-refractivity contribution in [1.29, 1.82) is 0 Å². The number of hydrogen-bond donors (Lipinski definition) is 2. The second-order valence-corrected chi connectivity index (χ2v) is 8.48. The molecule has 0 saturated heterocycles.